The number of rotatable bonds is 11. The zero-order chi connectivity index (χ0) is 34.0. The molecule has 14 heteroatoms. The van der Waals surface area contributed by atoms with Gasteiger partial charge in [0.25, 0.3) is 11.1 Å². The second kappa shape index (κ2) is 16.8. The number of anilines is 4. The largest absolute Gasteiger partial charge is 0.478 e. The van der Waals surface area contributed by atoms with Gasteiger partial charge in [-0.1, -0.05) is 12.2 Å². The SMILES string of the molecule is C=CCn1cc(C(=O)O)c(Nc2ccc(I)cc2F)cc1=O.C=CCn1cc(C(=O)OCC)c(Nc2ccc(I)cc2F)cc1=O. The summed E-state index contributed by atoms with van der Waals surface area (Å²) < 4.78 is 36.9. The molecule has 0 amide bonds. The molecule has 0 aliphatic heterocycles. The molecule has 0 atom stereocenters. The second-order valence-electron chi connectivity index (χ2n) is 9.28. The fourth-order valence-corrected chi connectivity index (χ4v) is 4.84. The van der Waals surface area contributed by atoms with E-state index in [1.807, 2.05) is 45.2 Å². The number of aromatic nitrogens is 2. The van der Waals surface area contributed by atoms with Gasteiger partial charge in [-0.3, -0.25) is 9.59 Å². The van der Waals surface area contributed by atoms with Gasteiger partial charge >= 0.3 is 11.9 Å². The van der Waals surface area contributed by atoms with Gasteiger partial charge in [0.2, 0.25) is 0 Å². The highest BCUT2D eigenvalue weighted by Crippen LogP contribution is 2.25. The Labute approximate surface area is 289 Å². The van der Waals surface area contributed by atoms with E-state index in [1.54, 1.807) is 31.2 Å². The minimum atomic E-state index is -1.22. The summed E-state index contributed by atoms with van der Waals surface area (Å²) in [6.45, 7) is 9.41. The number of hydrogen-bond donors (Lipinski definition) is 3. The maximum atomic E-state index is 14.0. The molecule has 0 fully saturated rings. The van der Waals surface area contributed by atoms with Crippen LogP contribution < -0.4 is 21.8 Å². The molecule has 4 aromatic rings. The Morgan fingerprint density at radius 2 is 1.24 bits per heavy atom. The quantitative estimate of drug-likeness (QED) is 0.0843. The molecule has 0 bridgehead atoms. The van der Waals surface area contributed by atoms with Crippen molar-refractivity contribution in [1.29, 1.82) is 0 Å². The molecule has 0 unspecified atom stereocenters. The van der Waals surface area contributed by atoms with Crippen LogP contribution in [-0.2, 0) is 17.8 Å². The van der Waals surface area contributed by atoms with E-state index >= 15 is 0 Å². The minimum absolute atomic E-state index is 0.0397. The Bertz CT molecular complexity index is 1910. The van der Waals surface area contributed by atoms with Crippen LogP contribution in [-0.4, -0.2) is 32.8 Å². The molecule has 3 N–H and O–H groups in total. The molecule has 0 radical (unpaired) electrons. The van der Waals surface area contributed by atoms with E-state index < -0.39 is 29.1 Å². The van der Waals surface area contributed by atoms with Crippen LogP contribution in [0.5, 0.6) is 0 Å². The molecule has 0 aliphatic carbocycles. The van der Waals surface area contributed by atoms with Gasteiger partial charge in [-0.2, -0.15) is 0 Å². The van der Waals surface area contributed by atoms with Crippen molar-refractivity contribution < 1.29 is 28.2 Å². The lowest BCUT2D eigenvalue weighted by Gasteiger charge is -2.14. The van der Waals surface area contributed by atoms with E-state index in [0.717, 1.165) is 9.64 Å². The van der Waals surface area contributed by atoms with Gasteiger partial charge < -0.3 is 29.6 Å². The molecule has 2 aromatic carbocycles. The lowest BCUT2D eigenvalue weighted by Crippen LogP contribution is -2.22. The highest BCUT2D eigenvalue weighted by atomic mass is 127. The first kappa shape index (κ1) is 36.2. The molecule has 0 saturated heterocycles. The number of pyridine rings is 2. The van der Waals surface area contributed by atoms with E-state index in [-0.39, 0.29) is 59.1 Å². The van der Waals surface area contributed by atoms with Crippen LogP contribution in [0.1, 0.15) is 27.6 Å². The molecule has 0 saturated carbocycles. The summed E-state index contributed by atoms with van der Waals surface area (Å²) in [6.07, 6.45) is 5.62. The normalized spacial score (nSPS) is 10.3. The molecular weight excluding hydrogens is 828 g/mol. The Hall–Kier alpha value is -4.32. The van der Waals surface area contributed by atoms with Crippen molar-refractivity contribution in [3.63, 3.8) is 0 Å². The monoisotopic (exact) mass is 856 g/mol. The Morgan fingerprint density at radius 3 is 1.63 bits per heavy atom. The van der Waals surface area contributed by atoms with Crippen LogP contribution in [0.15, 0.2) is 95.8 Å². The molecule has 46 heavy (non-hydrogen) atoms. The van der Waals surface area contributed by atoms with Crippen molar-refractivity contribution in [1.82, 2.24) is 9.13 Å². The summed E-state index contributed by atoms with van der Waals surface area (Å²) in [5.74, 6) is -2.82. The molecule has 0 aliphatic rings. The number of nitrogens with zero attached hydrogens (tertiary/aromatic N) is 2. The van der Waals surface area contributed by atoms with Crippen LogP contribution in [0, 0.1) is 18.8 Å². The highest BCUT2D eigenvalue weighted by molar-refractivity contribution is 14.1. The van der Waals surface area contributed by atoms with Crippen LogP contribution in [0.25, 0.3) is 0 Å². The van der Waals surface area contributed by atoms with Crippen LogP contribution >= 0.6 is 45.2 Å². The predicted octanol–water partition coefficient (Wildman–Crippen LogP) is 6.92. The molecule has 0 spiro atoms. The first-order valence-corrected chi connectivity index (χ1v) is 15.6. The number of allylic oxidation sites excluding steroid dienone is 2. The number of nitrogens with one attached hydrogen (secondary N) is 2. The van der Waals surface area contributed by atoms with E-state index in [9.17, 15) is 33.1 Å². The zero-order valence-electron chi connectivity index (χ0n) is 24.4. The van der Waals surface area contributed by atoms with Gasteiger partial charge in [0, 0.05) is 44.8 Å². The number of ether oxygens (including phenoxy) is 1. The zero-order valence-corrected chi connectivity index (χ0v) is 28.7. The topological polar surface area (TPSA) is 132 Å². The maximum absolute atomic E-state index is 14.0. The number of carboxylic acid groups (broad SMARTS) is 1. The number of benzene rings is 2. The third-order valence-electron chi connectivity index (χ3n) is 6.03. The average Bonchev–Trinajstić information content (AvgIpc) is 2.99. The summed E-state index contributed by atoms with van der Waals surface area (Å²) >= 11 is 3.96. The standard InChI is InChI=1S/C17H16FIN2O3.C15H12FIN2O3/c1-3-7-21-10-12(17(23)24-4-2)15(9-16(21)22)20-14-6-5-11(19)8-13(14)18;1-2-5-19-8-10(15(21)22)13(7-14(19)20)18-12-4-3-9(17)6-11(12)16/h3,5-6,8-10,20H,1,4,7H2,2H3;2-4,6-8,18H,1,5H2,(H,21,22). The lowest BCUT2D eigenvalue weighted by atomic mass is 10.2. The van der Waals surface area contributed by atoms with Crippen LogP contribution in [0.2, 0.25) is 0 Å². The lowest BCUT2D eigenvalue weighted by molar-refractivity contribution is 0.0526. The summed E-state index contributed by atoms with van der Waals surface area (Å²) in [6, 6.07) is 11.4. The number of halogens is 4. The number of aromatic carboxylic acids is 1. The van der Waals surface area contributed by atoms with Crippen molar-refractivity contribution in [2.45, 2.75) is 20.0 Å². The summed E-state index contributed by atoms with van der Waals surface area (Å²) in [5, 5.41) is 14.7. The van der Waals surface area contributed by atoms with Crippen molar-refractivity contribution in [3.05, 3.63) is 137 Å². The molecule has 240 valence electrons. The average molecular weight is 856 g/mol. The van der Waals surface area contributed by atoms with Crippen molar-refractivity contribution >= 4 is 79.9 Å². The number of hydrogen-bond acceptors (Lipinski definition) is 7. The number of carboxylic acids is 1. The fraction of sp³-hybridized carbons (Fsp3) is 0.125. The number of carbonyl (C=O) groups is 2. The molecular formula is C32H28F2I2N4O6. The first-order valence-electron chi connectivity index (χ1n) is 13.4. The smallest absolute Gasteiger partial charge is 0.341 e. The van der Waals surface area contributed by atoms with Crippen LogP contribution in [0.4, 0.5) is 31.5 Å². The minimum Gasteiger partial charge on any atom is -0.478 e. The third kappa shape index (κ3) is 9.59. The number of carbonyl (C=O) groups excluding carboxylic acids is 1. The maximum Gasteiger partial charge on any atom is 0.341 e. The van der Waals surface area contributed by atoms with Crippen LogP contribution in [0.3, 0.4) is 0 Å². The van der Waals surface area contributed by atoms with E-state index in [2.05, 4.69) is 23.8 Å². The predicted molar refractivity (Wildman–Crippen MR) is 190 cm³/mol. The van der Waals surface area contributed by atoms with Gasteiger partial charge in [0.15, 0.2) is 0 Å². The van der Waals surface area contributed by atoms with Crippen molar-refractivity contribution in [3.8, 4) is 0 Å². The third-order valence-corrected chi connectivity index (χ3v) is 7.37. The Kier molecular flexibility index (Phi) is 13.2. The molecule has 4 rings (SSSR count). The molecule has 2 aromatic heterocycles. The second-order valence-corrected chi connectivity index (χ2v) is 11.8. The molecule has 2 heterocycles. The van der Waals surface area contributed by atoms with E-state index in [0.29, 0.717) is 3.57 Å². The van der Waals surface area contributed by atoms with Gasteiger partial charge in [-0.05, 0) is 88.5 Å². The number of esters is 1. The highest BCUT2D eigenvalue weighted by Gasteiger charge is 2.17. The van der Waals surface area contributed by atoms with Gasteiger partial charge in [0.05, 0.1) is 40.5 Å². The Balaban J connectivity index is 0.000000251. The summed E-state index contributed by atoms with van der Waals surface area (Å²) in [4.78, 5) is 47.5. The van der Waals surface area contributed by atoms with Gasteiger partial charge in [-0.25, -0.2) is 18.4 Å². The first-order chi connectivity index (χ1) is 21.9. The molecule has 10 nitrogen and oxygen atoms in total. The van der Waals surface area contributed by atoms with Gasteiger partial charge in [0.1, 0.15) is 11.6 Å². The Morgan fingerprint density at radius 1 is 0.804 bits per heavy atom. The van der Waals surface area contributed by atoms with E-state index in [4.69, 9.17) is 4.74 Å². The van der Waals surface area contributed by atoms with Gasteiger partial charge in [-0.15, -0.1) is 13.2 Å². The fourth-order valence-electron chi connectivity index (χ4n) is 3.93. The van der Waals surface area contributed by atoms with E-state index in [1.165, 1.54) is 51.9 Å². The summed E-state index contributed by atoms with van der Waals surface area (Å²) in [7, 11) is 0. The van der Waals surface area contributed by atoms with Crippen molar-refractivity contribution in [2.24, 2.45) is 0 Å². The van der Waals surface area contributed by atoms with Crippen molar-refractivity contribution in [2.75, 3.05) is 17.2 Å². The summed E-state index contributed by atoms with van der Waals surface area (Å²) in [5.41, 5.74) is -0.215.